The minimum Gasteiger partial charge on any atom is -0.354 e. The van der Waals surface area contributed by atoms with E-state index in [-0.39, 0.29) is 11.8 Å². The molecule has 0 saturated heterocycles. The number of nitrogens with one attached hydrogen (secondary N) is 1. The number of hydrogen-bond acceptors (Lipinski definition) is 3. The Balaban J connectivity index is 2.13. The van der Waals surface area contributed by atoms with Crippen molar-refractivity contribution in [3.63, 3.8) is 0 Å². The summed E-state index contributed by atoms with van der Waals surface area (Å²) >= 11 is 7.99. The van der Waals surface area contributed by atoms with Gasteiger partial charge in [-0.3, -0.25) is 9.59 Å². The molecule has 0 aromatic heterocycles. The Morgan fingerprint density at radius 2 is 1.73 bits per heavy atom. The topological polar surface area (TPSA) is 49.4 Å². The summed E-state index contributed by atoms with van der Waals surface area (Å²) in [6.45, 7) is 6.95. The van der Waals surface area contributed by atoms with Gasteiger partial charge >= 0.3 is 0 Å². The maximum atomic E-state index is 13.2. The number of halogens is 1. The highest BCUT2D eigenvalue weighted by molar-refractivity contribution is 7.99. The number of benzene rings is 2. The Kier molecular flexibility index (Phi) is 10.2. The molecule has 0 saturated carbocycles. The number of carbonyl (C=O) groups is 2. The van der Waals surface area contributed by atoms with Gasteiger partial charge in [0.2, 0.25) is 11.8 Å². The fourth-order valence-corrected chi connectivity index (χ4v) is 4.13. The highest BCUT2D eigenvalue weighted by Crippen LogP contribution is 2.22. The van der Waals surface area contributed by atoms with E-state index in [9.17, 15) is 9.59 Å². The van der Waals surface area contributed by atoms with Crippen LogP contribution in [0.1, 0.15) is 39.2 Å². The Morgan fingerprint density at radius 1 is 1.07 bits per heavy atom. The van der Waals surface area contributed by atoms with Gasteiger partial charge in [-0.1, -0.05) is 68.8 Å². The lowest BCUT2D eigenvalue weighted by Crippen LogP contribution is -2.49. The van der Waals surface area contributed by atoms with E-state index in [1.165, 1.54) is 0 Å². The van der Waals surface area contributed by atoms with Crippen molar-refractivity contribution < 1.29 is 9.59 Å². The average molecular weight is 447 g/mol. The van der Waals surface area contributed by atoms with E-state index in [2.05, 4.69) is 19.2 Å². The van der Waals surface area contributed by atoms with Crippen molar-refractivity contribution in [3.8, 4) is 0 Å². The monoisotopic (exact) mass is 446 g/mol. The Morgan fingerprint density at radius 3 is 2.37 bits per heavy atom. The first-order chi connectivity index (χ1) is 14.4. The number of amides is 2. The van der Waals surface area contributed by atoms with E-state index >= 15 is 0 Å². The first-order valence-corrected chi connectivity index (χ1v) is 11.8. The molecule has 30 heavy (non-hydrogen) atoms. The van der Waals surface area contributed by atoms with Gasteiger partial charge in [0, 0.05) is 35.2 Å². The van der Waals surface area contributed by atoms with Gasteiger partial charge in [0.25, 0.3) is 0 Å². The summed E-state index contributed by atoms with van der Waals surface area (Å²) < 4.78 is 0. The Labute approximate surface area is 189 Å². The summed E-state index contributed by atoms with van der Waals surface area (Å²) in [5.41, 5.74) is 0.846. The summed E-state index contributed by atoms with van der Waals surface area (Å²) in [6.07, 6.45) is 0.907. The minimum absolute atomic E-state index is 0.0371. The molecule has 0 fully saturated rings. The van der Waals surface area contributed by atoms with Gasteiger partial charge in [0.05, 0.1) is 0 Å². The molecule has 0 bridgehead atoms. The third kappa shape index (κ3) is 7.69. The molecular weight excluding hydrogens is 416 g/mol. The molecule has 2 amide bonds. The lowest BCUT2D eigenvalue weighted by atomic mass is 10.1. The molecule has 0 aliphatic rings. The van der Waals surface area contributed by atoms with Gasteiger partial charge in [-0.2, -0.15) is 0 Å². The largest absolute Gasteiger partial charge is 0.354 e. The predicted octanol–water partition coefficient (Wildman–Crippen LogP) is 5.40. The van der Waals surface area contributed by atoms with Crippen molar-refractivity contribution in [2.45, 2.75) is 51.1 Å². The van der Waals surface area contributed by atoms with E-state index in [0.29, 0.717) is 42.6 Å². The van der Waals surface area contributed by atoms with E-state index in [4.69, 9.17) is 11.6 Å². The lowest BCUT2D eigenvalue weighted by Gasteiger charge is -2.31. The number of hydrogen-bond donors (Lipinski definition) is 1. The lowest BCUT2D eigenvalue weighted by molar-refractivity contribution is -0.141. The maximum absolute atomic E-state index is 13.2. The van der Waals surface area contributed by atoms with Crippen LogP contribution in [-0.4, -0.2) is 35.1 Å². The van der Waals surface area contributed by atoms with Crippen molar-refractivity contribution in [1.29, 1.82) is 0 Å². The van der Waals surface area contributed by atoms with Crippen molar-refractivity contribution >= 4 is 35.2 Å². The average Bonchev–Trinajstić information content (AvgIpc) is 2.74. The molecule has 6 heteroatoms. The fourth-order valence-electron chi connectivity index (χ4n) is 3.07. The molecule has 2 aromatic carbocycles. The Hall–Kier alpha value is -1.98. The molecule has 0 heterocycles. The summed E-state index contributed by atoms with van der Waals surface area (Å²) in [5.74, 6) is 0.861. The van der Waals surface area contributed by atoms with Crippen LogP contribution in [0.3, 0.4) is 0 Å². The van der Waals surface area contributed by atoms with Gasteiger partial charge in [-0.25, -0.2) is 0 Å². The second-order valence-corrected chi connectivity index (χ2v) is 9.16. The number of thioether (sulfide) groups is 1. The van der Waals surface area contributed by atoms with Crippen LogP contribution in [0.25, 0.3) is 0 Å². The normalized spacial score (nSPS) is 11.9. The van der Waals surface area contributed by atoms with Crippen LogP contribution >= 0.6 is 23.4 Å². The van der Waals surface area contributed by atoms with Crippen molar-refractivity contribution in [3.05, 3.63) is 65.2 Å². The van der Waals surface area contributed by atoms with E-state index in [0.717, 1.165) is 10.5 Å². The molecule has 0 radical (unpaired) electrons. The van der Waals surface area contributed by atoms with E-state index in [1.54, 1.807) is 16.7 Å². The zero-order valence-corrected chi connectivity index (χ0v) is 19.5. The van der Waals surface area contributed by atoms with Crippen LogP contribution in [0.15, 0.2) is 59.5 Å². The summed E-state index contributed by atoms with van der Waals surface area (Å²) in [6, 6.07) is 17.0. The molecule has 1 atom stereocenters. The quantitative estimate of drug-likeness (QED) is 0.470. The van der Waals surface area contributed by atoms with Gasteiger partial charge in [-0.15, -0.1) is 11.8 Å². The zero-order chi connectivity index (χ0) is 21.9. The molecule has 162 valence electrons. The van der Waals surface area contributed by atoms with Crippen LogP contribution in [-0.2, 0) is 16.1 Å². The van der Waals surface area contributed by atoms with Gasteiger partial charge < -0.3 is 10.2 Å². The summed E-state index contributed by atoms with van der Waals surface area (Å²) in [7, 11) is 0. The minimum atomic E-state index is -0.519. The number of rotatable bonds is 11. The van der Waals surface area contributed by atoms with Crippen molar-refractivity contribution in [2.75, 3.05) is 12.3 Å². The van der Waals surface area contributed by atoms with Crippen LogP contribution < -0.4 is 5.32 Å². The Bertz CT molecular complexity index is 814. The van der Waals surface area contributed by atoms with Gasteiger partial charge in [0.1, 0.15) is 6.04 Å². The number of carbonyl (C=O) groups excluding carboxylic acids is 2. The van der Waals surface area contributed by atoms with Crippen LogP contribution in [0.2, 0.25) is 5.02 Å². The molecule has 2 aromatic rings. The molecule has 0 aliphatic carbocycles. The van der Waals surface area contributed by atoms with Crippen LogP contribution in [0, 0.1) is 5.92 Å². The highest BCUT2D eigenvalue weighted by atomic mass is 35.5. The van der Waals surface area contributed by atoms with Crippen LogP contribution in [0.5, 0.6) is 0 Å². The molecule has 0 spiro atoms. The molecule has 0 aliphatic heterocycles. The molecule has 0 unspecified atom stereocenters. The molecular formula is C24H31ClN2O2S. The third-order valence-corrected chi connectivity index (χ3v) is 6.08. The second kappa shape index (κ2) is 12.7. The standard InChI is InChI=1S/C24H31ClN2O2S/c1-4-22(24(29)26-16-18(2)3)27(17-19-10-8-9-13-21(19)25)23(28)14-15-30-20-11-6-5-7-12-20/h5-13,18,22H,4,14-17H2,1-3H3,(H,26,29)/t22-/m0/s1. The van der Waals surface area contributed by atoms with Crippen LogP contribution in [0.4, 0.5) is 0 Å². The summed E-state index contributed by atoms with van der Waals surface area (Å²) in [5, 5.41) is 3.58. The maximum Gasteiger partial charge on any atom is 0.242 e. The number of nitrogens with zero attached hydrogens (tertiary/aromatic N) is 1. The van der Waals surface area contributed by atoms with Gasteiger partial charge in [-0.05, 0) is 36.1 Å². The summed E-state index contributed by atoms with van der Waals surface area (Å²) in [4.78, 5) is 28.8. The first kappa shape index (κ1) is 24.3. The smallest absolute Gasteiger partial charge is 0.242 e. The SMILES string of the molecule is CC[C@@H](C(=O)NCC(C)C)N(Cc1ccccc1Cl)C(=O)CCSc1ccccc1. The molecule has 4 nitrogen and oxygen atoms in total. The van der Waals surface area contributed by atoms with E-state index in [1.807, 2.05) is 61.5 Å². The second-order valence-electron chi connectivity index (χ2n) is 7.59. The first-order valence-electron chi connectivity index (χ1n) is 10.4. The highest BCUT2D eigenvalue weighted by Gasteiger charge is 2.28. The molecule has 2 rings (SSSR count). The predicted molar refractivity (Wildman–Crippen MR) is 126 cm³/mol. The van der Waals surface area contributed by atoms with Gasteiger partial charge in [0.15, 0.2) is 0 Å². The zero-order valence-electron chi connectivity index (χ0n) is 17.9. The van der Waals surface area contributed by atoms with E-state index < -0.39 is 6.04 Å². The third-order valence-electron chi connectivity index (χ3n) is 4.70. The van der Waals surface area contributed by atoms with Crippen molar-refractivity contribution in [1.82, 2.24) is 10.2 Å². The molecule has 1 N–H and O–H groups in total. The fraction of sp³-hybridized carbons (Fsp3) is 0.417. The van der Waals surface area contributed by atoms with Crippen molar-refractivity contribution in [2.24, 2.45) is 5.92 Å².